The molecule has 40 heavy (non-hydrogen) atoms. The molecule has 0 spiro atoms. The van der Waals surface area contributed by atoms with Crippen molar-refractivity contribution in [2.75, 3.05) is 35.3 Å². The molecule has 2 aliphatic rings. The van der Waals surface area contributed by atoms with Crippen LogP contribution in [0.5, 0.6) is 0 Å². The van der Waals surface area contributed by atoms with Gasteiger partial charge in [0.15, 0.2) is 0 Å². The predicted molar refractivity (Wildman–Crippen MR) is 159 cm³/mol. The molecule has 0 bridgehead atoms. The Kier molecular flexibility index (Phi) is 7.51. The Morgan fingerprint density at radius 1 is 0.750 bits per heavy atom. The summed E-state index contributed by atoms with van der Waals surface area (Å²) in [5.74, 6) is -0.212. The second-order valence-corrected chi connectivity index (χ2v) is 11.5. The molecule has 3 aromatic rings. The van der Waals surface area contributed by atoms with E-state index in [1.807, 2.05) is 48.2 Å². The quantitative estimate of drug-likeness (QED) is 0.390. The minimum Gasteiger partial charge on any atom is -0.313 e. The minimum absolute atomic E-state index is 0.166. The van der Waals surface area contributed by atoms with E-state index in [2.05, 4.69) is 42.3 Å². The number of fused-ring (bicyclic) bond motifs is 2. The first-order valence-corrected chi connectivity index (χ1v) is 14.0. The summed E-state index contributed by atoms with van der Waals surface area (Å²) in [7, 11) is 3.82. The molecule has 0 fully saturated rings. The van der Waals surface area contributed by atoms with E-state index in [1.54, 1.807) is 30.7 Å². The van der Waals surface area contributed by atoms with Crippen LogP contribution in [0, 0.1) is 5.41 Å². The molecule has 0 N–H and O–H groups in total. The van der Waals surface area contributed by atoms with E-state index < -0.39 is 5.41 Å². The first kappa shape index (κ1) is 27.6. The maximum absolute atomic E-state index is 13.2. The second-order valence-electron chi connectivity index (χ2n) is 11.5. The number of hydrogen-bond acceptors (Lipinski definition) is 4. The lowest BCUT2D eigenvalue weighted by molar-refractivity contribution is -0.137. The van der Waals surface area contributed by atoms with Crippen LogP contribution in [0.25, 0.3) is 0 Å². The van der Waals surface area contributed by atoms with Gasteiger partial charge in [0.25, 0.3) is 0 Å². The molecule has 0 radical (unpaired) electrons. The van der Waals surface area contributed by atoms with Gasteiger partial charge in [0.2, 0.25) is 17.7 Å². The second kappa shape index (κ2) is 10.9. The molecule has 0 saturated carbocycles. The summed E-state index contributed by atoms with van der Waals surface area (Å²) in [6, 6.07) is 22.6. The molecular formula is C33H38N4O3. The lowest BCUT2D eigenvalue weighted by Gasteiger charge is -2.29. The van der Waals surface area contributed by atoms with E-state index in [-0.39, 0.29) is 17.7 Å². The summed E-state index contributed by atoms with van der Waals surface area (Å²) in [5.41, 5.74) is 5.98. The number of rotatable bonds is 7. The molecule has 0 aliphatic carbocycles. The third-order valence-corrected chi connectivity index (χ3v) is 8.06. The van der Waals surface area contributed by atoms with Crippen molar-refractivity contribution in [2.45, 2.75) is 53.2 Å². The SMILES string of the molecule is CCN1C(=O)C(C)(C)C(=O)N(C)c2cc(CN(C)Cc3cccc(CN4C(=O)CCc5ccccc54)c3)ccc21. The molecule has 7 nitrogen and oxygen atoms in total. The van der Waals surface area contributed by atoms with Gasteiger partial charge < -0.3 is 14.7 Å². The normalized spacial score (nSPS) is 16.8. The van der Waals surface area contributed by atoms with Crippen molar-refractivity contribution in [1.82, 2.24) is 4.90 Å². The molecule has 3 amide bonds. The number of aryl methyl sites for hydroxylation is 1. The van der Waals surface area contributed by atoms with Gasteiger partial charge >= 0.3 is 0 Å². The van der Waals surface area contributed by atoms with Crippen molar-refractivity contribution < 1.29 is 14.4 Å². The summed E-state index contributed by atoms with van der Waals surface area (Å²) in [6.45, 7) is 7.81. The highest BCUT2D eigenvalue weighted by Gasteiger charge is 2.45. The molecule has 0 atom stereocenters. The van der Waals surface area contributed by atoms with Crippen molar-refractivity contribution in [3.05, 3.63) is 89.0 Å². The molecule has 7 heteroatoms. The van der Waals surface area contributed by atoms with E-state index in [9.17, 15) is 14.4 Å². The largest absolute Gasteiger partial charge is 0.313 e. The van der Waals surface area contributed by atoms with E-state index in [0.717, 1.165) is 41.2 Å². The Labute approximate surface area is 237 Å². The van der Waals surface area contributed by atoms with Crippen molar-refractivity contribution in [2.24, 2.45) is 5.41 Å². The van der Waals surface area contributed by atoms with Crippen LogP contribution in [0.2, 0.25) is 0 Å². The van der Waals surface area contributed by atoms with Crippen molar-refractivity contribution >= 4 is 34.8 Å². The Bertz CT molecular complexity index is 1460. The first-order chi connectivity index (χ1) is 19.1. The van der Waals surface area contributed by atoms with Gasteiger partial charge in [0.05, 0.1) is 17.9 Å². The summed E-state index contributed by atoms with van der Waals surface area (Å²) < 4.78 is 0. The lowest BCUT2D eigenvalue weighted by atomic mass is 9.90. The molecule has 0 saturated heterocycles. The smallest absolute Gasteiger partial charge is 0.242 e. The van der Waals surface area contributed by atoms with Crippen LogP contribution in [0.3, 0.4) is 0 Å². The number of carbonyl (C=O) groups excluding carboxylic acids is 3. The third kappa shape index (κ3) is 5.13. The van der Waals surface area contributed by atoms with Crippen molar-refractivity contribution in [3.63, 3.8) is 0 Å². The van der Waals surface area contributed by atoms with Gasteiger partial charge in [-0.3, -0.25) is 19.3 Å². The molecule has 208 valence electrons. The fourth-order valence-electron chi connectivity index (χ4n) is 5.90. The summed E-state index contributed by atoms with van der Waals surface area (Å²) in [6.07, 6.45) is 1.34. The van der Waals surface area contributed by atoms with E-state index >= 15 is 0 Å². The number of anilines is 3. The number of nitrogens with zero attached hydrogens (tertiary/aromatic N) is 4. The van der Waals surface area contributed by atoms with Gasteiger partial charge in [-0.05, 0) is 74.7 Å². The van der Waals surface area contributed by atoms with Crippen LogP contribution >= 0.6 is 0 Å². The highest BCUT2D eigenvalue weighted by Crippen LogP contribution is 2.39. The van der Waals surface area contributed by atoms with Crippen LogP contribution in [0.15, 0.2) is 66.7 Å². The monoisotopic (exact) mass is 538 g/mol. The lowest BCUT2D eigenvalue weighted by Crippen LogP contribution is -2.47. The fourth-order valence-corrected chi connectivity index (χ4v) is 5.90. The van der Waals surface area contributed by atoms with Gasteiger partial charge in [-0.1, -0.05) is 48.5 Å². The van der Waals surface area contributed by atoms with Crippen LogP contribution in [-0.4, -0.2) is 43.3 Å². The van der Waals surface area contributed by atoms with Gasteiger partial charge in [-0.25, -0.2) is 0 Å². The topological polar surface area (TPSA) is 64.2 Å². The average Bonchev–Trinajstić information content (AvgIpc) is 2.99. The highest BCUT2D eigenvalue weighted by molar-refractivity contribution is 6.19. The van der Waals surface area contributed by atoms with Crippen LogP contribution in [0.1, 0.15) is 49.4 Å². The maximum atomic E-state index is 13.2. The molecule has 2 aliphatic heterocycles. The zero-order chi connectivity index (χ0) is 28.6. The summed E-state index contributed by atoms with van der Waals surface area (Å²) in [4.78, 5) is 46.6. The summed E-state index contributed by atoms with van der Waals surface area (Å²) >= 11 is 0. The third-order valence-electron chi connectivity index (χ3n) is 8.06. The zero-order valence-electron chi connectivity index (χ0n) is 24.1. The van der Waals surface area contributed by atoms with Gasteiger partial charge in [-0.15, -0.1) is 0 Å². The standard InChI is InChI=1S/C33H38N4O3/c1-6-36-28-16-14-25(19-29(28)35(5)31(39)33(2,3)32(36)40)21-34(4)20-23-10-9-11-24(18-23)22-37-27-13-8-7-12-26(27)15-17-30(37)38/h7-14,16,18-19H,6,15,17,20-22H2,1-5H3. The Balaban J connectivity index is 1.31. The molecule has 0 unspecified atom stereocenters. The maximum Gasteiger partial charge on any atom is 0.242 e. The van der Waals surface area contributed by atoms with Crippen molar-refractivity contribution in [3.8, 4) is 0 Å². The molecule has 2 heterocycles. The van der Waals surface area contributed by atoms with Crippen molar-refractivity contribution in [1.29, 1.82) is 0 Å². The number of amides is 3. The number of hydrogen-bond donors (Lipinski definition) is 0. The number of para-hydroxylation sites is 1. The van der Waals surface area contributed by atoms with Gasteiger partial charge in [-0.2, -0.15) is 0 Å². The van der Waals surface area contributed by atoms with E-state index in [4.69, 9.17) is 0 Å². The Morgan fingerprint density at radius 3 is 2.20 bits per heavy atom. The average molecular weight is 539 g/mol. The van der Waals surface area contributed by atoms with E-state index in [1.165, 1.54) is 11.1 Å². The Morgan fingerprint density at radius 2 is 1.45 bits per heavy atom. The fraction of sp³-hybridized carbons (Fsp3) is 0.364. The highest BCUT2D eigenvalue weighted by atomic mass is 16.2. The molecular weight excluding hydrogens is 500 g/mol. The predicted octanol–water partition coefficient (Wildman–Crippen LogP) is 5.15. The number of benzene rings is 3. The summed E-state index contributed by atoms with van der Waals surface area (Å²) in [5, 5.41) is 0. The van der Waals surface area contributed by atoms with Crippen LogP contribution in [-0.2, 0) is 40.4 Å². The molecule has 3 aromatic carbocycles. The van der Waals surface area contributed by atoms with E-state index in [0.29, 0.717) is 26.1 Å². The molecule has 5 rings (SSSR count). The van der Waals surface area contributed by atoms with Crippen LogP contribution in [0.4, 0.5) is 17.1 Å². The Hall–Kier alpha value is -3.97. The molecule has 0 aromatic heterocycles. The number of carbonyl (C=O) groups is 3. The minimum atomic E-state index is -1.12. The van der Waals surface area contributed by atoms with Crippen LogP contribution < -0.4 is 14.7 Å². The first-order valence-electron chi connectivity index (χ1n) is 14.0. The van der Waals surface area contributed by atoms with Gasteiger partial charge in [0.1, 0.15) is 5.41 Å². The van der Waals surface area contributed by atoms with Gasteiger partial charge in [0, 0.05) is 38.8 Å². The zero-order valence-corrected chi connectivity index (χ0v) is 24.1.